The molecule has 1 aromatic carbocycles. The molecule has 2 aromatic rings. The van der Waals surface area contributed by atoms with Gasteiger partial charge in [0.25, 0.3) is 0 Å². The van der Waals surface area contributed by atoms with Gasteiger partial charge >= 0.3 is 0 Å². The molecule has 3 atom stereocenters. The number of carbonyl (C=O) groups is 1. The van der Waals surface area contributed by atoms with Crippen LogP contribution in [0.25, 0.3) is 0 Å². The third kappa shape index (κ3) is 2.60. The van der Waals surface area contributed by atoms with Crippen molar-refractivity contribution in [3.8, 4) is 11.5 Å². The van der Waals surface area contributed by atoms with Crippen LogP contribution in [-0.2, 0) is 4.74 Å². The van der Waals surface area contributed by atoms with Gasteiger partial charge < -0.3 is 14.6 Å². The van der Waals surface area contributed by atoms with Gasteiger partial charge in [-0.15, -0.1) is 0 Å². The molecule has 1 saturated carbocycles. The minimum atomic E-state index is -0.0521. The average Bonchev–Trinajstić information content (AvgIpc) is 3.03. The highest BCUT2D eigenvalue weighted by molar-refractivity contribution is 5.83. The van der Waals surface area contributed by atoms with Gasteiger partial charge in [0.05, 0.1) is 18.8 Å². The van der Waals surface area contributed by atoms with Gasteiger partial charge in [-0.25, -0.2) is 0 Å². The van der Waals surface area contributed by atoms with Crippen molar-refractivity contribution >= 4 is 6.29 Å². The summed E-state index contributed by atoms with van der Waals surface area (Å²) in [4.78, 5) is 11.3. The Hall–Kier alpha value is -2.34. The fourth-order valence-electron chi connectivity index (χ4n) is 4.41. The molecule has 1 aliphatic heterocycles. The van der Waals surface area contributed by atoms with E-state index in [-0.39, 0.29) is 16.7 Å². The van der Waals surface area contributed by atoms with E-state index in [9.17, 15) is 9.90 Å². The molecule has 2 fully saturated rings. The molecule has 3 unspecified atom stereocenters. The van der Waals surface area contributed by atoms with Crippen LogP contribution >= 0.6 is 0 Å². The highest BCUT2D eigenvalue weighted by Crippen LogP contribution is 2.68. The molecule has 6 nitrogen and oxygen atoms in total. The van der Waals surface area contributed by atoms with E-state index in [2.05, 4.69) is 29.7 Å². The Labute approximate surface area is 152 Å². The molecule has 4 rings (SSSR count). The molecule has 2 heterocycles. The summed E-state index contributed by atoms with van der Waals surface area (Å²) in [6.07, 6.45) is 3.41. The van der Waals surface area contributed by atoms with Crippen molar-refractivity contribution < 1.29 is 19.4 Å². The fourth-order valence-corrected chi connectivity index (χ4v) is 4.41. The van der Waals surface area contributed by atoms with Crippen molar-refractivity contribution in [3.63, 3.8) is 0 Å². The number of fused-ring (bicyclic) bond motifs is 1. The molecule has 6 heteroatoms. The van der Waals surface area contributed by atoms with Crippen LogP contribution in [0.2, 0.25) is 0 Å². The first-order chi connectivity index (χ1) is 12.6. The number of aromatic hydroxyl groups is 1. The van der Waals surface area contributed by atoms with Crippen molar-refractivity contribution in [2.75, 3.05) is 19.8 Å². The Bertz CT molecular complexity index is 816. The van der Waals surface area contributed by atoms with E-state index < -0.39 is 0 Å². The summed E-state index contributed by atoms with van der Waals surface area (Å²) in [7, 11) is 0. The number of aldehydes is 1. The summed E-state index contributed by atoms with van der Waals surface area (Å²) in [6.45, 7) is 6.19. The summed E-state index contributed by atoms with van der Waals surface area (Å²) in [5.74, 6) is 1.11. The highest BCUT2D eigenvalue weighted by Gasteiger charge is 2.67. The molecule has 0 amide bonds. The third-order valence-electron chi connectivity index (χ3n) is 5.83. The maximum absolute atomic E-state index is 11.3. The number of rotatable bonds is 6. The predicted molar refractivity (Wildman–Crippen MR) is 95.7 cm³/mol. The van der Waals surface area contributed by atoms with Crippen LogP contribution in [0.4, 0.5) is 0 Å². The first kappa shape index (κ1) is 17.1. The quantitative estimate of drug-likeness (QED) is 0.805. The Morgan fingerprint density at radius 1 is 1.46 bits per heavy atom. The SMILES string of the molecule is CC(C)n1nccc1C1C2COCCC21COc1cccc(O)c1C=O. The highest BCUT2D eigenvalue weighted by atomic mass is 16.5. The van der Waals surface area contributed by atoms with Crippen LogP contribution in [-0.4, -0.2) is 41.0 Å². The van der Waals surface area contributed by atoms with E-state index in [0.29, 0.717) is 43.1 Å². The molecule has 26 heavy (non-hydrogen) atoms. The van der Waals surface area contributed by atoms with Crippen LogP contribution in [0, 0.1) is 11.3 Å². The first-order valence-corrected chi connectivity index (χ1v) is 9.09. The maximum atomic E-state index is 11.3. The second kappa shape index (κ2) is 6.43. The Morgan fingerprint density at radius 3 is 3.08 bits per heavy atom. The number of hydrogen-bond donors (Lipinski definition) is 1. The minimum absolute atomic E-state index is 0.00343. The Kier molecular flexibility index (Phi) is 4.23. The van der Waals surface area contributed by atoms with Crippen LogP contribution in [0.1, 0.15) is 48.3 Å². The number of phenolic OH excluding ortho intramolecular Hbond substituents is 1. The molecule has 0 radical (unpaired) electrons. The molecule has 138 valence electrons. The van der Waals surface area contributed by atoms with E-state index in [0.717, 1.165) is 13.0 Å². The summed E-state index contributed by atoms with van der Waals surface area (Å²) in [5, 5.41) is 14.3. The van der Waals surface area contributed by atoms with Gasteiger partial charge in [-0.1, -0.05) is 6.07 Å². The lowest BCUT2D eigenvalue weighted by Gasteiger charge is -2.23. The average molecular weight is 356 g/mol. The van der Waals surface area contributed by atoms with E-state index in [1.165, 1.54) is 11.8 Å². The fraction of sp³-hybridized carbons (Fsp3) is 0.500. The number of hydrogen-bond acceptors (Lipinski definition) is 5. The zero-order chi connectivity index (χ0) is 18.3. The molecule has 0 spiro atoms. The standard InChI is InChI=1S/C20H24N2O4/c1-13(2)22-16(6-8-21-22)19-15-11-25-9-7-20(15,19)12-26-18-5-3-4-17(24)14(18)10-23/h3-6,8,10,13,15,19,24H,7,9,11-12H2,1-2H3. The van der Waals surface area contributed by atoms with Crippen LogP contribution in [0.3, 0.4) is 0 Å². The molecule has 2 aliphatic rings. The van der Waals surface area contributed by atoms with E-state index in [4.69, 9.17) is 9.47 Å². The molecule has 1 aromatic heterocycles. The van der Waals surface area contributed by atoms with Crippen LogP contribution in [0.15, 0.2) is 30.5 Å². The van der Waals surface area contributed by atoms with Crippen molar-refractivity contribution in [2.45, 2.75) is 32.2 Å². The van der Waals surface area contributed by atoms with Crippen molar-refractivity contribution in [1.82, 2.24) is 9.78 Å². The van der Waals surface area contributed by atoms with Gasteiger partial charge in [0.15, 0.2) is 6.29 Å². The van der Waals surface area contributed by atoms with E-state index >= 15 is 0 Å². The molecule has 1 saturated heterocycles. The normalized spacial score (nSPS) is 27.2. The van der Waals surface area contributed by atoms with Crippen LogP contribution < -0.4 is 4.74 Å². The van der Waals surface area contributed by atoms with Crippen molar-refractivity contribution in [2.24, 2.45) is 11.3 Å². The summed E-state index contributed by atoms with van der Waals surface area (Å²) >= 11 is 0. The molecular formula is C20H24N2O4. The van der Waals surface area contributed by atoms with Gasteiger partial charge in [-0.2, -0.15) is 5.10 Å². The van der Waals surface area contributed by atoms with E-state index in [1.54, 1.807) is 12.1 Å². The summed E-state index contributed by atoms with van der Waals surface area (Å²) in [5.41, 5.74) is 1.43. The molecule has 1 N–H and O–H groups in total. The zero-order valence-electron chi connectivity index (χ0n) is 15.1. The molecule has 0 bridgehead atoms. The monoisotopic (exact) mass is 356 g/mol. The van der Waals surface area contributed by atoms with E-state index in [1.807, 2.05) is 6.20 Å². The lowest BCUT2D eigenvalue weighted by atomic mass is 9.96. The zero-order valence-corrected chi connectivity index (χ0v) is 15.1. The Morgan fingerprint density at radius 2 is 2.31 bits per heavy atom. The van der Waals surface area contributed by atoms with Gasteiger partial charge in [0.1, 0.15) is 11.5 Å². The lowest BCUT2D eigenvalue weighted by Crippen LogP contribution is -2.25. The number of phenols is 1. The number of nitrogens with zero attached hydrogens (tertiary/aromatic N) is 2. The van der Waals surface area contributed by atoms with Crippen molar-refractivity contribution in [3.05, 3.63) is 41.7 Å². The summed E-state index contributed by atoms with van der Waals surface area (Å²) in [6, 6.07) is 7.30. The summed E-state index contributed by atoms with van der Waals surface area (Å²) < 4.78 is 13.8. The minimum Gasteiger partial charge on any atom is -0.507 e. The second-order valence-electron chi connectivity index (χ2n) is 7.53. The molecular weight excluding hydrogens is 332 g/mol. The third-order valence-corrected chi connectivity index (χ3v) is 5.83. The van der Waals surface area contributed by atoms with Gasteiger partial charge in [-0.05, 0) is 38.5 Å². The lowest BCUT2D eigenvalue weighted by molar-refractivity contribution is 0.0436. The second-order valence-corrected chi connectivity index (χ2v) is 7.53. The van der Waals surface area contributed by atoms with Crippen molar-refractivity contribution in [1.29, 1.82) is 0 Å². The van der Waals surface area contributed by atoms with Crippen LogP contribution in [0.5, 0.6) is 11.5 Å². The molecule has 1 aliphatic carbocycles. The Balaban J connectivity index is 1.59. The smallest absolute Gasteiger partial charge is 0.157 e. The predicted octanol–water partition coefficient (Wildman–Crippen LogP) is 3.18. The number of aromatic nitrogens is 2. The first-order valence-electron chi connectivity index (χ1n) is 9.09. The largest absolute Gasteiger partial charge is 0.507 e. The number of ether oxygens (including phenoxy) is 2. The van der Waals surface area contributed by atoms with Gasteiger partial charge in [0, 0.05) is 41.8 Å². The van der Waals surface area contributed by atoms with Gasteiger partial charge in [-0.3, -0.25) is 9.48 Å². The number of benzene rings is 1. The topological polar surface area (TPSA) is 73.6 Å². The number of carbonyl (C=O) groups excluding carboxylic acids is 1. The van der Waals surface area contributed by atoms with Gasteiger partial charge in [0.2, 0.25) is 0 Å². The maximum Gasteiger partial charge on any atom is 0.157 e.